The third kappa shape index (κ3) is 5.36. The van der Waals surface area contributed by atoms with Crippen LogP contribution in [-0.2, 0) is 6.54 Å². The molecule has 1 amide bonds. The van der Waals surface area contributed by atoms with Gasteiger partial charge in [-0.25, -0.2) is 9.59 Å². The number of carboxylic acid groups (broad SMARTS) is 2. The lowest BCUT2D eigenvalue weighted by atomic mass is 10.0. The summed E-state index contributed by atoms with van der Waals surface area (Å²) >= 11 is 12.1. The van der Waals surface area contributed by atoms with Crippen LogP contribution < -0.4 is 5.32 Å². The minimum atomic E-state index is -1.22. The number of nitrogens with one attached hydrogen (secondary N) is 1. The van der Waals surface area contributed by atoms with Gasteiger partial charge in [0.1, 0.15) is 0 Å². The van der Waals surface area contributed by atoms with Gasteiger partial charge < -0.3 is 20.1 Å². The second kappa shape index (κ2) is 10.6. The Labute approximate surface area is 232 Å². The molecular weight excluding hydrogens is 539 g/mol. The van der Waals surface area contributed by atoms with Crippen LogP contribution in [0.15, 0.2) is 91.0 Å². The molecule has 194 valence electrons. The van der Waals surface area contributed by atoms with Crippen LogP contribution in [0.5, 0.6) is 0 Å². The molecule has 3 N–H and O–H groups in total. The van der Waals surface area contributed by atoms with Crippen molar-refractivity contribution in [2.24, 2.45) is 0 Å². The summed E-state index contributed by atoms with van der Waals surface area (Å²) in [5.74, 6) is -2.73. The standard InChI is InChI=1S/C30H20Cl2N2O5/c31-22-11-8-19(9-12-22)28(35)33-26-24-13-10-21(18-4-6-20(7-5-18)29(36)37)15-25(24)34(27(26)30(38)39)16-17-2-1-3-23(32)14-17/h1-15H,16H2,(H,33,35)(H,36,37)(H,38,39). The van der Waals surface area contributed by atoms with Crippen LogP contribution in [0.4, 0.5) is 5.69 Å². The predicted octanol–water partition coefficient (Wildman–Crippen LogP) is 7.31. The number of hydrogen-bond donors (Lipinski definition) is 3. The summed E-state index contributed by atoms with van der Waals surface area (Å²) in [7, 11) is 0. The van der Waals surface area contributed by atoms with Gasteiger partial charge in [-0.2, -0.15) is 0 Å². The highest BCUT2D eigenvalue weighted by atomic mass is 35.5. The summed E-state index contributed by atoms with van der Waals surface area (Å²) in [5.41, 5.74) is 3.38. The molecule has 4 aromatic carbocycles. The molecule has 0 saturated carbocycles. The molecule has 0 saturated heterocycles. The third-order valence-corrected chi connectivity index (χ3v) is 6.79. The van der Waals surface area contributed by atoms with E-state index in [1.54, 1.807) is 71.3 Å². The molecule has 0 fully saturated rings. The molecule has 0 spiro atoms. The smallest absolute Gasteiger partial charge is 0.354 e. The van der Waals surface area contributed by atoms with Gasteiger partial charge in [0.2, 0.25) is 0 Å². The summed E-state index contributed by atoms with van der Waals surface area (Å²) in [6, 6.07) is 25.1. The molecule has 0 bridgehead atoms. The van der Waals surface area contributed by atoms with E-state index in [4.69, 9.17) is 23.2 Å². The quantitative estimate of drug-likeness (QED) is 0.194. The highest BCUT2D eigenvalue weighted by Crippen LogP contribution is 2.36. The number of aromatic carboxylic acids is 2. The van der Waals surface area contributed by atoms with Crippen molar-refractivity contribution in [1.82, 2.24) is 4.57 Å². The maximum atomic E-state index is 13.1. The first kappa shape index (κ1) is 26.0. The van der Waals surface area contributed by atoms with Crippen LogP contribution >= 0.6 is 23.2 Å². The van der Waals surface area contributed by atoms with Gasteiger partial charge in [0.15, 0.2) is 5.69 Å². The van der Waals surface area contributed by atoms with E-state index in [1.807, 2.05) is 12.1 Å². The number of rotatable bonds is 7. The Hall–Kier alpha value is -4.59. The molecule has 0 aliphatic heterocycles. The van der Waals surface area contributed by atoms with Crippen LogP contribution in [0.1, 0.15) is 36.8 Å². The Balaban J connectivity index is 1.68. The molecule has 0 unspecified atom stereocenters. The normalized spacial score (nSPS) is 10.9. The Morgan fingerprint density at radius 2 is 1.38 bits per heavy atom. The van der Waals surface area contributed by atoms with E-state index < -0.39 is 17.8 Å². The van der Waals surface area contributed by atoms with Crippen LogP contribution in [0.2, 0.25) is 10.0 Å². The minimum Gasteiger partial charge on any atom is -0.478 e. The number of carbonyl (C=O) groups excluding carboxylic acids is 1. The van der Waals surface area contributed by atoms with E-state index in [9.17, 15) is 24.6 Å². The zero-order valence-electron chi connectivity index (χ0n) is 20.2. The van der Waals surface area contributed by atoms with E-state index >= 15 is 0 Å². The Morgan fingerprint density at radius 1 is 0.718 bits per heavy atom. The zero-order chi connectivity index (χ0) is 27.7. The van der Waals surface area contributed by atoms with E-state index in [-0.39, 0.29) is 23.5 Å². The van der Waals surface area contributed by atoms with Crippen LogP contribution in [0.25, 0.3) is 22.0 Å². The van der Waals surface area contributed by atoms with E-state index in [1.165, 1.54) is 12.1 Å². The van der Waals surface area contributed by atoms with Crippen LogP contribution in [0, 0.1) is 0 Å². The van der Waals surface area contributed by atoms with Crippen molar-refractivity contribution in [3.8, 4) is 11.1 Å². The topological polar surface area (TPSA) is 109 Å². The molecule has 0 aliphatic rings. The second-order valence-electron chi connectivity index (χ2n) is 8.82. The van der Waals surface area contributed by atoms with Crippen molar-refractivity contribution in [1.29, 1.82) is 0 Å². The lowest BCUT2D eigenvalue weighted by molar-refractivity contribution is 0.0680. The van der Waals surface area contributed by atoms with Crippen molar-refractivity contribution < 1.29 is 24.6 Å². The fourth-order valence-electron chi connectivity index (χ4n) is 4.45. The average Bonchev–Trinajstić information content (AvgIpc) is 3.21. The Kier molecular flexibility index (Phi) is 7.11. The monoisotopic (exact) mass is 558 g/mol. The van der Waals surface area contributed by atoms with E-state index in [0.29, 0.717) is 26.5 Å². The summed E-state index contributed by atoms with van der Waals surface area (Å²) in [4.78, 5) is 37.0. The molecule has 5 rings (SSSR count). The number of amides is 1. The summed E-state index contributed by atoms with van der Waals surface area (Å²) in [6.45, 7) is 0.177. The van der Waals surface area contributed by atoms with Crippen LogP contribution in [0.3, 0.4) is 0 Å². The maximum absolute atomic E-state index is 13.1. The molecule has 5 aromatic rings. The zero-order valence-corrected chi connectivity index (χ0v) is 21.7. The van der Waals surface area contributed by atoms with Gasteiger partial charge in [0, 0.05) is 27.5 Å². The summed E-state index contributed by atoms with van der Waals surface area (Å²) < 4.78 is 1.62. The van der Waals surface area contributed by atoms with Gasteiger partial charge in [0.25, 0.3) is 5.91 Å². The average molecular weight is 559 g/mol. The number of carboxylic acids is 2. The number of anilines is 1. The molecule has 39 heavy (non-hydrogen) atoms. The largest absolute Gasteiger partial charge is 0.478 e. The SMILES string of the molecule is O=C(O)c1ccc(-c2ccc3c(NC(=O)c4ccc(Cl)cc4)c(C(=O)O)n(Cc4cccc(Cl)c4)c3c2)cc1. The Morgan fingerprint density at radius 3 is 2.03 bits per heavy atom. The number of nitrogens with zero attached hydrogens (tertiary/aromatic N) is 1. The van der Waals surface area contributed by atoms with Gasteiger partial charge in [-0.05, 0) is 71.3 Å². The highest BCUT2D eigenvalue weighted by Gasteiger charge is 2.25. The van der Waals surface area contributed by atoms with Gasteiger partial charge >= 0.3 is 11.9 Å². The van der Waals surface area contributed by atoms with Crippen molar-refractivity contribution in [2.75, 3.05) is 5.32 Å². The minimum absolute atomic E-state index is 0.0920. The van der Waals surface area contributed by atoms with Gasteiger partial charge in [0.05, 0.1) is 16.8 Å². The predicted molar refractivity (Wildman–Crippen MR) is 151 cm³/mol. The van der Waals surface area contributed by atoms with Crippen LogP contribution in [-0.4, -0.2) is 32.6 Å². The molecule has 0 radical (unpaired) electrons. The molecule has 9 heteroatoms. The lowest BCUT2D eigenvalue weighted by Gasteiger charge is -2.11. The molecule has 0 aliphatic carbocycles. The number of halogens is 2. The number of benzene rings is 4. The number of fused-ring (bicyclic) bond motifs is 1. The van der Waals surface area contributed by atoms with E-state index in [2.05, 4.69) is 5.32 Å². The summed E-state index contributed by atoms with van der Waals surface area (Å²) in [6.07, 6.45) is 0. The third-order valence-electron chi connectivity index (χ3n) is 6.31. The van der Waals surface area contributed by atoms with Crippen molar-refractivity contribution in [3.05, 3.63) is 123 Å². The molecule has 1 heterocycles. The Bertz CT molecular complexity index is 1740. The van der Waals surface area contributed by atoms with Crippen molar-refractivity contribution >= 4 is 57.6 Å². The molecule has 7 nitrogen and oxygen atoms in total. The first-order valence-electron chi connectivity index (χ1n) is 11.8. The highest BCUT2D eigenvalue weighted by molar-refractivity contribution is 6.31. The van der Waals surface area contributed by atoms with Crippen molar-refractivity contribution in [3.63, 3.8) is 0 Å². The molecule has 1 aromatic heterocycles. The fourth-order valence-corrected chi connectivity index (χ4v) is 4.79. The summed E-state index contributed by atoms with van der Waals surface area (Å²) in [5, 5.41) is 23.8. The lowest BCUT2D eigenvalue weighted by Crippen LogP contribution is -2.16. The number of hydrogen-bond acceptors (Lipinski definition) is 3. The first-order valence-corrected chi connectivity index (χ1v) is 12.5. The van der Waals surface area contributed by atoms with E-state index in [0.717, 1.165) is 16.7 Å². The number of aromatic nitrogens is 1. The maximum Gasteiger partial charge on any atom is 0.354 e. The fraction of sp³-hybridized carbons (Fsp3) is 0.0333. The van der Waals surface area contributed by atoms with Gasteiger partial charge in [-0.1, -0.05) is 59.6 Å². The first-order chi connectivity index (χ1) is 18.7. The van der Waals surface area contributed by atoms with Gasteiger partial charge in [-0.15, -0.1) is 0 Å². The molecular formula is C30H20Cl2N2O5. The molecule has 0 atom stereocenters. The van der Waals surface area contributed by atoms with Crippen molar-refractivity contribution in [2.45, 2.75) is 6.54 Å². The van der Waals surface area contributed by atoms with Gasteiger partial charge in [-0.3, -0.25) is 4.79 Å². The number of carbonyl (C=O) groups is 3. The second-order valence-corrected chi connectivity index (χ2v) is 9.69.